The Balaban J connectivity index is 1.77. The van der Waals surface area contributed by atoms with E-state index in [0.717, 1.165) is 11.1 Å². The molecule has 1 aliphatic rings. The fourth-order valence-corrected chi connectivity index (χ4v) is 4.40. The van der Waals surface area contributed by atoms with Gasteiger partial charge in [-0.25, -0.2) is 0 Å². The van der Waals surface area contributed by atoms with Crippen LogP contribution < -0.4 is 11.1 Å². The zero-order chi connectivity index (χ0) is 22.6. The molecule has 0 heterocycles. The van der Waals surface area contributed by atoms with E-state index < -0.39 is 11.5 Å². The van der Waals surface area contributed by atoms with Gasteiger partial charge in [0.25, 0.3) is 0 Å². The first-order valence-electron chi connectivity index (χ1n) is 10.5. The summed E-state index contributed by atoms with van der Waals surface area (Å²) in [5.41, 5.74) is 8.00. The molecular weight excluding hydrogens is 433 g/mol. The lowest BCUT2D eigenvalue weighted by atomic mass is 9.94. The lowest BCUT2D eigenvalue weighted by Gasteiger charge is -2.27. The summed E-state index contributed by atoms with van der Waals surface area (Å²) < 4.78 is 0. The van der Waals surface area contributed by atoms with Gasteiger partial charge in [0.05, 0.1) is 5.41 Å². The van der Waals surface area contributed by atoms with Crippen molar-refractivity contribution < 1.29 is 9.59 Å². The van der Waals surface area contributed by atoms with E-state index in [1.807, 2.05) is 19.1 Å². The van der Waals surface area contributed by atoms with Crippen LogP contribution in [0.2, 0.25) is 10.0 Å². The van der Waals surface area contributed by atoms with Gasteiger partial charge in [-0.1, -0.05) is 59.1 Å². The normalized spacial score (nSPS) is 15.3. The van der Waals surface area contributed by atoms with E-state index in [1.165, 1.54) is 5.56 Å². The van der Waals surface area contributed by atoms with Crippen LogP contribution in [0.25, 0.3) is 0 Å². The van der Waals surface area contributed by atoms with Crippen molar-refractivity contribution in [1.29, 1.82) is 0 Å². The Morgan fingerprint density at radius 1 is 1.16 bits per heavy atom. The van der Waals surface area contributed by atoms with Gasteiger partial charge in [0.2, 0.25) is 11.8 Å². The summed E-state index contributed by atoms with van der Waals surface area (Å²) >= 11 is 12.4. The molecule has 1 atom stereocenters. The van der Waals surface area contributed by atoms with Crippen LogP contribution in [0.3, 0.4) is 0 Å². The third-order valence-corrected chi connectivity index (χ3v) is 6.47. The minimum atomic E-state index is -0.698. The van der Waals surface area contributed by atoms with Crippen molar-refractivity contribution in [1.82, 2.24) is 10.2 Å². The molecule has 3 rings (SSSR count). The van der Waals surface area contributed by atoms with Crippen molar-refractivity contribution in [2.24, 2.45) is 5.73 Å². The number of carbonyl (C=O) groups excluding carboxylic acids is 2. The maximum Gasteiger partial charge on any atom is 0.244 e. The van der Waals surface area contributed by atoms with E-state index in [0.29, 0.717) is 48.8 Å². The molecule has 0 bridgehead atoms. The van der Waals surface area contributed by atoms with Crippen molar-refractivity contribution in [2.45, 2.75) is 44.1 Å². The number of aryl methyl sites for hydroxylation is 2. The minimum Gasteiger partial charge on any atom is -0.344 e. The molecule has 3 N–H and O–H groups in total. The third kappa shape index (κ3) is 5.59. The summed E-state index contributed by atoms with van der Waals surface area (Å²) in [6, 6.07) is 12.8. The molecule has 2 aromatic carbocycles. The average molecular weight is 462 g/mol. The highest BCUT2D eigenvalue weighted by Gasteiger charge is 2.53. The number of nitrogens with two attached hydrogens (primary N) is 1. The lowest BCUT2D eigenvalue weighted by Crippen LogP contribution is -2.51. The number of benzene rings is 2. The quantitative estimate of drug-likeness (QED) is 0.594. The fourth-order valence-electron chi connectivity index (χ4n) is 3.81. The Morgan fingerprint density at radius 2 is 1.84 bits per heavy atom. The number of carbonyl (C=O) groups is 2. The topological polar surface area (TPSA) is 75.4 Å². The van der Waals surface area contributed by atoms with Crippen molar-refractivity contribution in [3.63, 3.8) is 0 Å². The first-order valence-corrected chi connectivity index (χ1v) is 11.3. The summed E-state index contributed by atoms with van der Waals surface area (Å²) in [6.07, 6.45) is 2.57. The van der Waals surface area contributed by atoms with Gasteiger partial charge >= 0.3 is 0 Å². The van der Waals surface area contributed by atoms with Gasteiger partial charge in [0, 0.05) is 30.2 Å². The molecule has 0 aliphatic heterocycles. The number of amides is 2. The molecular formula is C24H29Cl2N3O2. The number of nitrogens with one attached hydrogen (secondary N) is 1. The number of hydrogen-bond donors (Lipinski definition) is 2. The van der Waals surface area contributed by atoms with Crippen LogP contribution in [-0.2, 0) is 21.4 Å². The van der Waals surface area contributed by atoms with Crippen LogP contribution in [0.1, 0.15) is 36.0 Å². The van der Waals surface area contributed by atoms with E-state index >= 15 is 0 Å². The number of nitrogens with zero attached hydrogens (tertiary/aromatic N) is 1. The molecule has 1 aliphatic carbocycles. The van der Waals surface area contributed by atoms with Crippen LogP contribution in [0.5, 0.6) is 0 Å². The van der Waals surface area contributed by atoms with E-state index in [9.17, 15) is 9.59 Å². The van der Waals surface area contributed by atoms with Crippen molar-refractivity contribution in [2.75, 3.05) is 20.1 Å². The summed E-state index contributed by atoms with van der Waals surface area (Å²) in [5, 5.41) is 4.02. The summed E-state index contributed by atoms with van der Waals surface area (Å²) in [5.74, 6) is -0.302. The Kier molecular flexibility index (Phi) is 7.63. The molecule has 5 nitrogen and oxygen atoms in total. The number of likely N-dealkylation sites (N-methyl/N-ethyl adjacent to an activating group) is 1. The van der Waals surface area contributed by atoms with Crippen LogP contribution in [-0.4, -0.2) is 42.9 Å². The zero-order valence-electron chi connectivity index (χ0n) is 18.0. The van der Waals surface area contributed by atoms with Crippen molar-refractivity contribution >= 4 is 35.0 Å². The molecule has 7 heteroatoms. The minimum absolute atomic E-state index is 0.135. The lowest BCUT2D eigenvalue weighted by molar-refractivity contribution is -0.136. The molecule has 0 saturated heterocycles. The standard InChI is InChI=1S/C24H29Cl2N3O2/c1-16-3-5-17(6-4-16)7-10-21(22(30)29(2)14-13-27)28-23(31)24(11-12-24)19-9-8-18(25)15-20(19)26/h3-6,8-9,15,21H,7,10-14,27H2,1-2H3,(H,28,31). The predicted molar refractivity (Wildman–Crippen MR) is 125 cm³/mol. The van der Waals surface area contributed by atoms with E-state index in [2.05, 4.69) is 17.4 Å². The first kappa shape index (κ1) is 23.6. The van der Waals surface area contributed by atoms with E-state index in [4.69, 9.17) is 28.9 Å². The van der Waals surface area contributed by atoms with Gasteiger partial charge in [-0.2, -0.15) is 0 Å². The molecule has 166 valence electrons. The zero-order valence-corrected chi connectivity index (χ0v) is 19.5. The van der Waals surface area contributed by atoms with Crippen molar-refractivity contribution in [3.05, 3.63) is 69.2 Å². The van der Waals surface area contributed by atoms with Gasteiger partial charge in [0.15, 0.2) is 0 Å². The van der Waals surface area contributed by atoms with Gasteiger partial charge < -0.3 is 16.0 Å². The number of halogens is 2. The van der Waals surface area contributed by atoms with Gasteiger partial charge in [-0.3, -0.25) is 9.59 Å². The Labute approximate surface area is 193 Å². The smallest absolute Gasteiger partial charge is 0.244 e. The number of rotatable bonds is 9. The maximum absolute atomic E-state index is 13.3. The molecule has 0 aromatic heterocycles. The average Bonchev–Trinajstić information content (AvgIpc) is 3.53. The van der Waals surface area contributed by atoms with E-state index in [-0.39, 0.29) is 11.8 Å². The largest absolute Gasteiger partial charge is 0.344 e. The monoisotopic (exact) mass is 461 g/mol. The molecule has 1 unspecified atom stereocenters. The molecule has 1 saturated carbocycles. The molecule has 1 fully saturated rings. The highest BCUT2D eigenvalue weighted by Crippen LogP contribution is 2.51. The SMILES string of the molecule is Cc1ccc(CCC(NC(=O)C2(c3ccc(Cl)cc3Cl)CC2)C(=O)N(C)CCN)cc1. The molecule has 0 spiro atoms. The van der Waals surface area contributed by atoms with Crippen LogP contribution in [0.4, 0.5) is 0 Å². The van der Waals surface area contributed by atoms with Crippen LogP contribution in [0, 0.1) is 6.92 Å². The molecule has 0 radical (unpaired) electrons. The molecule has 31 heavy (non-hydrogen) atoms. The maximum atomic E-state index is 13.3. The Morgan fingerprint density at radius 3 is 2.42 bits per heavy atom. The molecule has 2 amide bonds. The molecule has 2 aromatic rings. The fraction of sp³-hybridized carbons (Fsp3) is 0.417. The predicted octanol–water partition coefficient (Wildman–Crippen LogP) is 3.87. The second kappa shape index (κ2) is 10.0. The first-order chi connectivity index (χ1) is 14.8. The second-order valence-electron chi connectivity index (χ2n) is 8.31. The number of hydrogen-bond acceptors (Lipinski definition) is 3. The summed E-state index contributed by atoms with van der Waals surface area (Å²) in [4.78, 5) is 27.9. The van der Waals surface area contributed by atoms with Gasteiger partial charge in [-0.05, 0) is 55.9 Å². The third-order valence-electron chi connectivity index (χ3n) is 5.92. The van der Waals surface area contributed by atoms with Crippen molar-refractivity contribution in [3.8, 4) is 0 Å². The van der Waals surface area contributed by atoms with Gasteiger partial charge in [-0.15, -0.1) is 0 Å². The Bertz CT molecular complexity index is 942. The summed E-state index contributed by atoms with van der Waals surface area (Å²) in [7, 11) is 1.71. The summed E-state index contributed by atoms with van der Waals surface area (Å²) in [6.45, 7) is 2.84. The van der Waals surface area contributed by atoms with Crippen LogP contribution in [0.15, 0.2) is 42.5 Å². The Hall–Kier alpha value is -2.08. The van der Waals surface area contributed by atoms with Crippen LogP contribution >= 0.6 is 23.2 Å². The van der Waals surface area contributed by atoms with Gasteiger partial charge in [0.1, 0.15) is 6.04 Å². The highest BCUT2D eigenvalue weighted by molar-refractivity contribution is 6.35. The van der Waals surface area contributed by atoms with E-state index in [1.54, 1.807) is 30.1 Å². The highest BCUT2D eigenvalue weighted by atomic mass is 35.5. The second-order valence-corrected chi connectivity index (χ2v) is 9.15.